The smallest absolute Gasteiger partial charge is 0.293 e. The van der Waals surface area contributed by atoms with Crippen molar-refractivity contribution in [3.63, 3.8) is 0 Å². The van der Waals surface area contributed by atoms with E-state index in [0.29, 0.717) is 30.4 Å². The van der Waals surface area contributed by atoms with Crippen molar-refractivity contribution >= 4 is 23.1 Å². The van der Waals surface area contributed by atoms with E-state index in [1.807, 2.05) is 4.90 Å². The lowest BCUT2D eigenvalue weighted by Crippen LogP contribution is -2.37. The van der Waals surface area contributed by atoms with Crippen LogP contribution in [0.1, 0.15) is 45.5 Å². The molecular formula is C24H28N4O4. The van der Waals surface area contributed by atoms with E-state index >= 15 is 0 Å². The highest BCUT2D eigenvalue weighted by Crippen LogP contribution is 2.29. The summed E-state index contributed by atoms with van der Waals surface area (Å²) in [7, 11) is 3.42. The molecular weight excluding hydrogens is 408 g/mol. The van der Waals surface area contributed by atoms with Gasteiger partial charge in [0, 0.05) is 50.4 Å². The number of carbonyl (C=O) groups excluding carboxylic acids is 2. The number of nitrogens with zero attached hydrogens (tertiary/aromatic N) is 4. The quantitative estimate of drug-likeness (QED) is 0.393. The van der Waals surface area contributed by atoms with Gasteiger partial charge in [-0.1, -0.05) is 18.2 Å². The Kier molecular flexibility index (Phi) is 6.23. The predicted molar refractivity (Wildman–Crippen MR) is 122 cm³/mol. The average molecular weight is 437 g/mol. The maximum atomic E-state index is 13.3. The summed E-state index contributed by atoms with van der Waals surface area (Å²) in [4.78, 5) is 43.6. The summed E-state index contributed by atoms with van der Waals surface area (Å²) in [6, 6.07) is 11.6. The molecule has 1 amide bonds. The van der Waals surface area contributed by atoms with Crippen LogP contribution in [0, 0.1) is 10.1 Å². The van der Waals surface area contributed by atoms with Gasteiger partial charge in [0.15, 0.2) is 5.78 Å². The van der Waals surface area contributed by atoms with Crippen molar-refractivity contribution < 1.29 is 14.5 Å². The van der Waals surface area contributed by atoms with Crippen molar-refractivity contribution in [3.8, 4) is 0 Å². The first kappa shape index (κ1) is 22.0. The van der Waals surface area contributed by atoms with Gasteiger partial charge in [0.25, 0.3) is 11.6 Å². The Bertz CT molecular complexity index is 1050. The van der Waals surface area contributed by atoms with E-state index in [2.05, 4.69) is 4.90 Å². The van der Waals surface area contributed by atoms with Gasteiger partial charge in [0.2, 0.25) is 0 Å². The normalized spacial score (nSPS) is 18.7. The number of nitro groups is 1. The molecule has 1 atom stereocenters. The zero-order valence-electron chi connectivity index (χ0n) is 18.5. The molecule has 2 aliphatic rings. The van der Waals surface area contributed by atoms with Crippen LogP contribution in [0.4, 0.5) is 11.4 Å². The van der Waals surface area contributed by atoms with Gasteiger partial charge < -0.3 is 9.80 Å². The Morgan fingerprint density at radius 1 is 1.03 bits per heavy atom. The van der Waals surface area contributed by atoms with Crippen LogP contribution in [0.15, 0.2) is 42.5 Å². The third-order valence-electron chi connectivity index (χ3n) is 6.43. The van der Waals surface area contributed by atoms with Crippen LogP contribution in [-0.2, 0) is 0 Å². The molecule has 0 spiro atoms. The number of anilines is 1. The van der Waals surface area contributed by atoms with E-state index < -0.39 is 10.7 Å². The van der Waals surface area contributed by atoms with E-state index in [1.165, 1.54) is 18.9 Å². The van der Waals surface area contributed by atoms with Gasteiger partial charge in [-0.3, -0.25) is 24.6 Å². The van der Waals surface area contributed by atoms with Gasteiger partial charge in [0.05, 0.1) is 10.5 Å². The Morgan fingerprint density at radius 2 is 1.72 bits per heavy atom. The lowest BCUT2D eigenvalue weighted by molar-refractivity contribution is -0.384. The fraction of sp³-hybridized carbons (Fsp3) is 0.417. The molecule has 168 valence electrons. The van der Waals surface area contributed by atoms with E-state index in [1.54, 1.807) is 55.4 Å². The fourth-order valence-corrected chi connectivity index (χ4v) is 4.71. The van der Waals surface area contributed by atoms with Crippen molar-refractivity contribution in [1.82, 2.24) is 9.80 Å². The molecule has 8 heteroatoms. The molecule has 2 heterocycles. The predicted octanol–water partition coefficient (Wildman–Crippen LogP) is 3.20. The molecule has 2 saturated heterocycles. The monoisotopic (exact) mass is 436 g/mol. The fourth-order valence-electron chi connectivity index (χ4n) is 4.71. The highest BCUT2D eigenvalue weighted by molar-refractivity contribution is 6.15. The van der Waals surface area contributed by atoms with Gasteiger partial charge in [-0.2, -0.15) is 0 Å². The second-order valence-corrected chi connectivity index (χ2v) is 8.67. The van der Waals surface area contributed by atoms with E-state index in [0.717, 1.165) is 19.5 Å². The second kappa shape index (κ2) is 9.08. The molecule has 4 rings (SSSR count). The van der Waals surface area contributed by atoms with Gasteiger partial charge in [-0.25, -0.2) is 0 Å². The minimum Gasteiger partial charge on any atom is -0.372 e. The van der Waals surface area contributed by atoms with Gasteiger partial charge in [-0.05, 0) is 50.6 Å². The van der Waals surface area contributed by atoms with Gasteiger partial charge in [-0.15, -0.1) is 0 Å². The average Bonchev–Trinajstić information content (AvgIpc) is 3.49. The van der Waals surface area contributed by atoms with Crippen LogP contribution in [0.5, 0.6) is 0 Å². The topological polar surface area (TPSA) is 87.0 Å². The summed E-state index contributed by atoms with van der Waals surface area (Å²) < 4.78 is 0. The van der Waals surface area contributed by atoms with E-state index in [4.69, 9.17) is 0 Å². The minimum atomic E-state index is -0.494. The number of benzene rings is 2. The largest absolute Gasteiger partial charge is 0.372 e. The standard InChI is InChI=1S/C24H28N4O4/c1-25(2)21-10-9-17(15-22(21)28(31)32)23(29)19-7-3-4-8-20(19)24(30)27-14-11-18(16-27)26-12-5-6-13-26/h3-4,7-10,15,18H,5-6,11-14,16H2,1-2H3. The Hall–Kier alpha value is -3.26. The van der Waals surface area contributed by atoms with Crippen LogP contribution in [0.25, 0.3) is 0 Å². The summed E-state index contributed by atoms with van der Waals surface area (Å²) in [6.45, 7) is 3.52. The van der Waals surface area contributed by atoms with Crippen LogP contribution in [0.3, 0.4) is 0 Å². The SMILES string of the molecule is CN(C)c1ccc(C(=O)c2ccccc2C(=O)N2CCC(N3CCCC3)C2)cc1[N+](=O)[O-]. The van der Waals surface area contributed by atoms with Crippen molar-refractivity contribution in [2.24, 2.45) is 0 Å². The second-order valence-electron chi connectivity index (χ2n) is 8.67. The zero-order chi connectivity index (χ0) is 22.8. The number of nitro benzene ring substituents is 1. The number of hydrogen-bond donors (Lipinski definition) is 0. The summed E-state index contributed by atoms with van der Waals surface area (Å²) in [5, 5.41) is 11.5. The molecule has 2 aromatic rings. The van der Waals surface area contributed by atoms with Crippen LogP contribution < -0.4 is 4.90 Å². The zero-order valence-corrected chi connectivity index (χ0v) is 18.5. The number of ketones is 1. The molecule has 2 aliphatic heterocycles. The molecule has 0 N–H and O–H groups in total. The molecule has 1 unspecified atom stereocenters. The van der Waals surface area contributed by atoms with E-state index in [-0.39, 0.29) is 22.7 Å². The first-order chi connectivity index (χ1) is 15.4. The molecule has 32 heavy (non-hydrogen) atoms. The number of carbonyl (C=O) groups is 2. The first-order valence-electron chi connectivity index (χ1n) is 11.0. The Morgan fingerprint density at radius 3 is 2.38 bits per heavy atom. The number of hydrogen-bond acceptors (Lipinski definition) is 6. The maximum Gasteiger partial charge on any atom is 0.293 e. The lowest BCUT2D eigenvalue weighted by atomic mass is 9.97. The maximum absolute atomic E-state index is 13.3. The van der Waals surface area contributed by atoms with Gasteiger partial charge >= 0.3 is 0 Å². The highest BCUT2D eigenvalue weighted by Gasteiger charge is 2.33. The Balaban J connectivity index is 1.60. The molecule has 0 aromatic heterocycles. The summed E-state index contributed by atoms with van der Waals surface area (Å²) in [5.74, 6) is -0.548. The van der Waals surface area contributed by atoms with E-state index in [9.17, 15) is 19.7 Å². The molecule has 0 radical (unpaired) electrons. The third-order valence-corrected chi connectivity index (χ3v) is 6.43. The molecule has 2 aromatic carbocycles. The van der Waals surface area contributed by atoms with Crippen molar-refractivity contribution in [3.05, 3.63) is 69.3 Å². The van der Waals surface area contributed by atoms with Crippen LogP contribution >= 0.6 is 0 Å². The molecule has 2 fully saturated rings. The van der Waals surface area contributed by atoms with Crippen molar-refractivity contribution in [2.75, 3.05) is 45.2 Å². The van der Waals surface area contributed by atoms with Crippen LogP contribution in [0.2, 0.25) is 0 Å². The number of rotatable bonds is 6. The van der Waals surface area contributed by atoms with Crippen LogP contribution in [-0.4, -0.2) is 72.7 Å². The number of likely N-dealkylation sites (tertiary alicyclic amines) is 2. The summed E-state index contributed by atoms with van der Waals surface area (Å²) >= 11 is 0. The van der Waals surface area contributed by atoms with Gasteiger partial charge in [0.1, 0.15) is 5.69 Å². The Labute approximate surface area is 187 Å². The molecule has 8 nitrogen and oxygen atoms in total. The van der Waals surface area contributed by atoms with Crippen molar-refractivity contribution in [2.45, 2.75) is 25.3 Å². The summed E-state index contributed by atoms with van der Waals surface area (Å²) in [5.41, 5.74) is 1.09. The molecule has 0 bridgehead atoms. The first-order valence-corrected chi connectivity index (χ1v) is 11.0. The number of amides is 1. The summed E-state index contributed by atoms with van der Waals surface area (Å²) in [6.07, 6.45) is 3.36. The third kappa shape index (κ3) is 4.23. The molecule has 0 aliphatic carbocycles. The minimum absolute atomic E-state index is 0.141. The highest BCUT2D eigenvalue weighted by atomic mass is 16.6. The van der Waals surface area contributed by atoms with Crippen molar-refractivity contribution in [1.29, 1.82) is 0 Å². The molecule has 0 saturated carbocycles. The lowest BCUT2D eigenvalue weighted by Gasteiger charge is -2.24.